The lowest BCUT2D eigenvalue weighted by atomic mass is 9.80. The minimum atomic E-state index is -0.0584. The number of carbonyl (C=O) groups excluding carboxylic acids is 1. The third-order valence-corrected chi connectivity index (χ3v) is 4.17. The Kier molecular flexibility index (Phi) is 7.16. The predicted octanol–water partition coefficient (Wildman–Crippen LogP) is 2.47. The summed E-state index contributed by atoms with van der Waals surface area (Å²) >= 11 is 0. The highest BCUT2D eigenvalue weighted by atomic mass is 35.5. The molecule has 1 aromatic carbocycles. The number of hydrogen-bond donors (Lipinski definition) is 1. The zero-order chi connectivity index (χ0) is 16.2. The highest BCUT2D eigenvalue weighted by Gasteiger charge is 2.35. The third-order valence-electron chi connectivity index (χ3n) is 4.17. The van der Waals surface area contributed by atoms with E-state index in [2.05, 4.69) is 13.8 Å². The van der Waals surface area contributed by atoms with Crippen LogP contribution in [0, 0.1) is 5.41 Å². The van der Waals surface area contributed by atoms with Gasteiger partial charge in [0.2, 0.25) is 0 Å². The molecule has 130 valence electrons. The lowest BCUT2D eigenvalue weighted by Crippen LogP contribution is -2.54. The second-order valence-electron chi connectivity index (χ2n) is 6.37. The summed E-state index contributed by atoms with van der Waals surface area (Å²) in [6.07, 6.45) is 0.828. The first kappa shape index (κ1) is 19.6. The molecule has 6 heteroatoms. The van der Waals surface area contributed by atoms with Crippen LogP contribution in [0.15, 0.2) is 24.3 Å². The van der Waals surface area contributed by atoms with Crippen molar-refractivity contribution in [3.63, 3.8) is 0 Å². The van der Waals surface area contributed by atoms with Gasteiger partial charge in [0.05, 0.1) is 6.61 Å². The van der Waals surface area contributed by atoms with Crippen molar-refractivity contribution in [3.8, 4) is 11.5 Å². The first-order valence-electron chi connectivity index (χ1n) is 7.82. The molecule has 1 aromatic rings. The summed E-state index contributed by atoms with van der Waals surface area (Å²) in [5.41, 5.74) is 6.05. The number of piperidine rings is 1. The molecule has 0 radical (unpaired) electrons. The number of rotatable bonds is 5. The zero-order valence-corrected chi connectivity index (χ0v) is 14.9. The summed E-state index contributed by atoms with van der Waals surface area (Å²) in [5.74, 6) is 1.26. The van der Waals surface area contributed by atoms with Crippen molar-refractivity contribution < 1.29 is 14.3 Å². The summed E-state index contributed by atoms with van der Waals surface area (Å²) in [6, 6.07) is 7.54. The molecular formula is C17H27ClN2O3. The van der Waals surface area contributed by atoms with Crippen LogP contribution in [-0.2, 0) is 4.79 Å². The lowest BCUT2D eigenvalue weighted by Gasteiger charge is -2.42. The van der Waals surface area contributed by atoms with E-state index in [1.807, 2.05) is 36.1 Å². The van der Waals surface area contributed by atoms with Gasteiger partial charge in [-0.05, 0) is 30.9 Å². The largest absolute Gasteiger partial charge is 0.490 e. The van der Waals surface area contributed by atoms with Crippen LogP contribution in [0.4, 0.5) is 0 Å². The van der Waals surface area contributed by atoms with E-state index < -0.39 is 0 Å². The average Bonchev–Trinajstić information content (AvgIpc) is 2.49. The molecule has 23 heavy (non-hydrogen) atoms. The fourth-order valence-corrected chi connectivity index (χ4v) is 2.66. The molecule has 1 unspecified atom stereocenters. The molecule has 0 spiro atoms. The summed E-state index contributed by atoms with van der Waals surface area (Å²) in [6.45, 7) is 8.07. The number of ether oxygens (including phenoxy) is 2. The second-order valence-corrected chi connectivity index (χ2v) is 6.37. The van der Waals surface area contributed by atoms with Crippen LogP contribution in [-0.4, -0.2) is 43.2 Å². The molecule has 1 amide bonds. The molecule has 1 saturated heterocycles. The van der Waals surface area contributed by atoms with Crippen LogP contribution in [0.1, 0.15) is 27.2 Å². The van der Waals surface area contributed by atoms with E-state index in [0.717, 1.165) is 6.42 Å². The van der Waals surface area contributed by atoms with E-state index in [1.165, 1.54) is 0 Å². The number of hydrogen-bond acceptors (Lipinski definition) is 4. The summed E-state index contributed by atoms with van der Waals surface area (Å²) in [4.78, 5) is 14.2. The maximum atomic E-state index is 12.4. The first-order chi connectivity index (χ1) is 10.4. The Morgan fingerprint density at radius 2 is 1.91 bits per heavy atom. The molecule has 1 fully saturated rings. The molecule has 5 nitrogen and oxygen atoms in total. The van der Waals surface area contributed by atoms with Crippen molar-refractivity contribution in [1.29, 1.82) is 0 Å². The van der Waals surface area contributed by atoms with Gasteiger partial charge in [-0.2, -0.15) is 0 Å². The van der Waals surface area contributed by atoms with E-state index in [9.17, 15) is 4.79 Å². The molecule has 1 atom stereocenters. The summed E-state index contributed by atoms with van der Waals surface area (Å²) in [7, 11) is 0. The van der Waals surface area contributed by atoms with Crippen LogP contribution in [0.5, 0.6) is 11.5 Å². The van der Waals surface area contributed by atoms with Crippen molar-refractivity contribution in [3.05, 3.63) is 24.3 Å². The molecule has 1 aliphatic heterocycles. The van der Waals surface area contributed by atoms with Gasteiger partial charge in [0.1, 0.15) is 0 Å². The number of nitrogens with two attached hydrogens (primary N) is 1. The number of benzene rings is 1. The van der Waals surface area contributed by atoms with E-state index in [1.54, 1.807) is 0 Å². The highest BCUT2D eigenvalue weighted by molar-refractivity contribution is 5.85. The molecule has 1 heterocycles. The number of amides is 1. The van der Waals surface area contributed by atoms with E-state index in [-0.39, 0.29) is 36.4 Å². The first-order valence-corrected chi connectivity index (χ1v) is 7.82. The van der Waals surface area contributed by atoms with Gasteiger partial charge in [-0.1, -0.05) is 26.0 Å². The zero-order valence-electron chi connectivity index (χ0n) is 14.1. The fourth-order valence-electron chi connectivity index (χ4n) is 2.66. The molecule has 0 saturated carbocycles. The fraction of sp³-hybridized carbons (Fsp3) is 0.588. The quantitative estimate of drug-likeness (QED) is 0.892. The van der Waals surface area contributed by atoms with Crippen molar-refractivity contribution in [2.24, 2.45) is 11.1 Å². The van der Waals surface area contributed by atoms with Gasteiger partial charge < -0.3 is 20.1 Å². The normalized spacial score (nSPS) is 19.7. The van der Waals surface area contributed by atoms with Gasteiger partial charge in [-0.15, -0.1) is 12.4 Å². The number of halogens is 1. The monoisotopic (exact) mass is 342 g/mol. The van der Waals surface area contributed by atoms with Crippen LogP contribution in [0.25, 0.3) is 0 Å². The van der Waals surface area contributed by atoms with Crippen LogP contribution >= 0.6 is 12.4 Å². The molecular weight excluding hydrogens is 316 g/mol. The minimum absolute atomic E-state index is 0. The van der Waals surface area contributed by atoms with Crippen molar-refractivity contribution >= 4 is 18.3 Å². The van der Waals surface area contributed by atoms with Crippen LogP contribution in [0.2, 0.25) is 0 Å². The highest BCUT2D eigenvalue weighted by Crippen LogP contribution is 2.29. The molecule has 0 bridgehead atoms. The predicted molar refractivity (Wildman–Crippen MR) is 93.3 cm³/mol. The van der Waals surface area contributed by atoms with Gasteiger partial charge in [0.15, 0.2) is 18.1 Å². The standard InChI is InChI=1S/C17H26N2O3.ClH/c1-4-21-13-7-5-6-8-14(13)22-11-16(20)19-10-9-15(18)17(2,3)12-19;/h5-8,15H,4,9-12,18H2,1-3H3;1H. The molecule has 0 aromatic heterocycles. The molecule has 1 aliphatic rings. The van der Waals surface area contributed by atoms with E-state index in [0.29, 0.717) is 31.2 Å². The topological polar surface area (TPSA) is 64.8 Å². The summed E-state index contributed by atoms with van der Waals surface area (Å²) < 4.78 is 11.1. The Hall–Kier alpha value is -1.46. The number of carbonyl (C=O) groups is 1. The number of para-hydroxylation sites is 2. The van der Waals surface area contributed by atoms with Gasteiger partial charge in [0, 0.05) is 19.1 Å². The Morgan fingerprint density at radius 1 is 1.30 bits per heavy atom. The average molecular weight is 343 g/mol. The van der Waals surface area contributed by atoms with Crippen molar-refractivity contribution in [2.75, 3.05) is 26.3 Å². The Morgan fingerprint density at radius 3 is 2.48 bits per heavy atom. The Labute approximate surface area is 144 Å². The van der Waals surface area contributed by atoms with Gasteiger partial charge >= 0.3 is 0 Å². The Balaban J connectivity index is 0.00000264. The summed E-state index contributed by atoms with van der Waals surface area (Å²) in [5, 5.41) is 0. The van der Waals surface area contributed by atoms with Crippen LogP contribution < -0.4 is 15.2 Å². The van der Waals surface area contributed by atoms with Crippen molar-refractivity contribution in [2.45, 2.75) is 33.2 Å². The molecule has 0 aliphatic carbocycles. The van der Waals surface area contributed by atoms with Gasteiger partial charge in [-0.3, -0.25) is 4.79 Å². The Bertz CT molecular complexity index is 522. The minimum Gasteiger partial charge on any atom is -0.490 e. The molecule has 2 N–H and O–H groups in total. The smallest absolute Gasteiger partial charge is 0.260 e. The SMILES string of the molecule is CCOc1ccccc1OCC(=O)N1CCC(N)C(C)(C)C1.Cl. The second kappa shape index (κ2) is 8.41. The number of nitrogens with zero attached hydrogens (tertiary/aromatic N) is 1. The van der Waals surface area contributed by atoms with Crippen LogP contribution in [0.3, 0.4) is 0 Å². The maximum absolute atomic E-state index is 12.4. The van der Waals surface area contributed by atoms with E-state index in [4.69, 9.17) is 15.2 Å². The van der Waals surface area contributed by atoms with Gasteiger partial charge in [0.25, 0.3) is 5.91 Å². The van der Waals surface area contributed by atoms with E-state index >= 15 is 0 Å². The maximum Gasteiger partial charge on any atom is 0.260 e. The van der Waals surface area contributed by atoms with Gasteiger partial charge in [-0.25, -0.2) is 0 Å². The molecule has 2 rings (SSSR count). The lowest BCUT2D eigenvalue weighted by molar-refractivity contribution is -0.136. The number of likely N-dealkylation sites (tertiary alicyclic amines) is 1. The third kappa shape index (κ3) is 5.01. The van der Waals surface area contributed by atoms with Crippen molar-refractivity contribution in [1.82, 2.24) is 4.90 Å².